The van der Waals surface area contributed by atoms with Gasteiger partial charge < -0.3 is 0 Å². The van der Waals surface area contributed by atoms with Crippen LogP contribution in [0.3, 0.4) is 0 Å². The van der Waals surface area contributed by atoms with E-state index in [9.17, 15) is 4.79 Å². The van der Waals surface area contributed by atoms with Gasteiger partial charge in [-0.2, -0.15) is 0 Å². The monoisotopic (exact) mass is 528 g/mol. The SMILES string of the molecule is O=c1c2cc(I)ccc2n2c(I)nnc2n1Cc1ccccc1. The third-order valence-electron chi connectivity index (χ3n) is 3.71. The zero-order chi connectivity index (χ0) is 16.0. The van der Waals surface area contributed by atoms with Crippen LogP contribution in [0.25, 0.3) is 16.7 Å². The number of hydrogen-bond acceptors (Lipinski definition) is 3. The standard InChI is InChI=1S/C16H10I2N4O/c17-11-6-7-13-12(8-11)14(23)21(9-10-4-2-1-3-5-10)16-20-19-15(18)22(13)16/h1-8H,9H2. The fourth-order valence-corrected chi connectivity index (χ4v) is 3.73. The molecule has 0 bridgehead atoms. The quantitative estimate of drug-likeness (QED) is 0.376. The number of halogens is 2. The van der Waals surface area contributed by atoms with Gasteiger partial charge in [0.2, 0.25) is 9.61 Å². The molecule has 114 valence electrons. The lowest BCUT2D eigenvalue weighted by Gasteiger charge is -2.11. The maximum Gasteiger partial charge on any atom is 0.263 e. The third-order valence-corrected chi connectivity index (χ3v) is 5.08. The lowest BCUT2D eigenvalue weighted by molar-refractivity contribution is 0.766. The first-order valence-corrected chi connectivity index (χ1v) is 9.07. The Kier molecular flexibility index (Phi) is 3.84. The van der Waals surface area contributed by atoms with Crippen molar-refractivity contribution in [3.8, 4) is 0 Å². The van der Waals surface area contributed by atoms with E-state index in [1.54, 1.807) is 4.57 Å². The molecule has 0 aliphatic rings. The number of hydrogen-bond donors (Lipinski definition) is 0. The van der Waals surface area contributed by atoms with Crippen LogP contribution in [-0.2, 0) is 6.54 Å². The minimum absolute atomic E-state index is 0.0429. The van der Waals surface area contributed by atoms with Crippen molar-refractivity contribution in [3.05, 3.63) is 71.8 Å². The topological polar surface area (TPSA) is 52.2 Å². The highest BCUT2D eigenvalue weighted by Crippen LogP contribution is 2.19. The number of aromatic nitrogens is 4. The van der Waals surface area contributed by atoms with E-state index in [0.29, 0.717) is 17.7 Å². The fraction of sp³-hybridized carbons (Fsp3) is 0.0625. The molecule has 0 aliphatic carbocycles. The molecular weight excluding hydrogens is 518 g/mol. The van der Waals surface area contributed by atoms with Gasteiger partial charge in [0.05, 0.1) is 17.4 Å². The average molecular weight is 528 g/mol. The summed E-state index contributed by atoms with van der Waals surface area (Å²) < 4.78 is 5.38. The summed E-state index contributed by atoms with van der Waals surface area (Å²) in [5.74, 6) is 0.567. The van der Waals surface area contributed by atoms with Gasteiger partial charge in [0.25, 0.3) is 5.56 Å². The molecule has 0 atom stereocenters. The van der Waals surface area contributed by atoms with Gasteiger partial charge in [-0.15, -0.1) is 10.2 Å². The Balaban J connectivity index is 2.09. The summed E-state index contributed by atoms with van der Waals surface area (Å²) >= 11 is 4.36. The van der Waals surface area contributed by atoms with Gasteiger partial charge in [0, 0.05) is 26.2 Å². The van der Waals surface area contributed by atoms with Crippen LogP contribution in [-0.4, -0.2) is 19.2 Å². The Labute approximate surface area is 158 Å². The van der Waals surface area contributed by atoms with Crippen molar-refractivity contribution in [2.75, 3.05) is 0 Å². The molecule has 4 aromatic rings. The first kappa shape index (κ1) is 15.1. The Morgan fingerprint density at radius 3 is 2.57 bits per heavy atom. The molecule has 23 heavy (non-hydrogen) atoms. The number of fused-ring (bicyclic) bond motifs is 3. The van der Waals surface area contributed by atoms with Crippen LogP contribution in [0.15, 0.2) is 53.3 Å². The summed E-state index contributed by atoms with van der Waals surface area (Å²) in [5, 5.41) is 9.04. The van der Waals surface area contributed by atoms with E-state index in [0.717, 1.165) is 18.5 Å². The lowest BCUT2D eigenvalue weighted by Crippen LogP contribution is -2.24. The maximum absolute atomic E-state index is 13.0. The van der Waals surface area contributed by atoms with Crippen LogP contribution >= 0.6 is 45.2 Å². The van der Waals surface area contributed by atoms with Crippen LogP contribution in [0.1, 0.15) is 5.56 Å². The molecule has 0 radical (unpaired) electrons. The zero-order valence-corrected chi connectivity index (χ0v) is 16.1. The van der Waals surface area contributed by atoms with Gasteiger partial charge in [-0.3, -0.25) is 13.8 Å². The van der Waals surface area contributed by atoms with E-state index in [1.807, 2.05) is 52.9 Å². The van der Waals surface area contributed by atoms with Gasteiger partial charge >= 0.3 is 0 Å². The van der Waals surface area contributed by atoms with Crippen LogP contribution in [0.2, 0.25) is 0 Å². The molecular formula is C16H10I2N4O. The predicted molar refractivity (Wildman–Crippen MR) is 106 cm³/mol. The molecule has 0 saturated heterocycles. The van der Waals surface area contributed by atoms with Crippen LogP contribution in [0.5, 0.6) is 0 Å². The lowest BCUT2D eigenvalue weighted by atomic mass is 10.2. The molecule has 0 unspecified atom stereocenters. The second-order valence-electron chi connectivity index (χ2n) is 5.14. The Morgan fingerprint density at radius 1 is 1.00 bits per heavy atom. The second kappa shape index (κ2) is 5.86. The highest BCUT2D eigenvalue weighted by atomic mass is 127. The largest absolute Gasteiger partial charge is 0.272 e. The van der Waals surface area contributed by atoms with Crippen molar-refractivity contribution < 1.29 is 0 Å². The van der Waals surface area contributed by atoms with Crippen molar-refractivity contribution in [2.24, 2.45) is 0 Å². The van der Waals surface area contributed by atoms with Gasteiger partial charge in [-0.05, 0) is 46.4 Å². The summed E-state index contributed by atoms with van der Waals surface area (Å²) in [6.07, 6.45) is 0. The van der Waals surface area contributed by atoms with E-state index in [-0.39, 0.29) is 5.56 Å². The number of benzene rings is 2. The normalized spacial score (nSPS) is 11.4. The third kappa shape index (κ3) is 2.55. The number of rotatable bonds is 2. The molecule has 0 fully saturated rings. The van der Waals surface area contributed by atoms with Gasteiger partial charge in [-0.1, -0.05) is 30.3 Å². The van der Waals surface area contributed by atoms with Crippen molar-refractivity contribution in [1.82, 2.24) is 19.2 Å². The summed E-state index contributed by atoms with van der Waals surface area (Å²) in [5.41, 5.74) is 1.85. The molecule has 5 nitrogen and oxygen atoms in total. The highest BCUT2D eigenvalue weighted by molar-refractivity contribution is 14.1. The van der Waals surface area contributed by atoms with Crippen molar-refractivity contribution >= 4 is 61.9 Å². The summed E-state index contributed by atoms with van der Waals surface area (Å²) in [7, 11) is 0. The zero-order valence-electron chi connectivity index (χ0n) is 11.8. The molecule has 4 rings (SSSR count). The minimum atomic E-state index is -0.0429. The van der Waals surface area contributed by atoms with Crippen LogP contribution in [0, 0.1) is 7.40 Å². The summed E-state index contributed by atoms with van der Waals surface area (Å²) in [6.45, 7) is 0.472. The van der Waals surface area contributed by atoms with Crippen molar-refractivity contribution in [3.63, 3.8) is 0 Å². The molecule has 2 aromatic heterocycles. The summed E-state index contributed by atoms with van der Waals surface area (Å²) in [4.78, 5) is 13.0. The predicted octanol–water partition coefficient (Wildman–Crippen LogP) is 3.30. The first-order valence-electron chi connectivity index (χ1n) is 6.92. The number of nitrogens with zero attached hydrogens (tertiary/aromatic N) is 4. The van der Waals surface area contributed by atoms with Crippen LogP contribution < -0.4 is 5.56 Å². The Bertz CT molecular complexity index is 1090. The Morgan fingerprint density at radius 2 is 1.78 bits per heavy atom. The minimum Gasteiger partial charge on any atom is -0.272 e. The first-order chi connectivity index (χ1) is 11.1. The highest BCUT2D eigenvalue weighted by Gasteiger charge is 2.15. The molecule has 0 amide bonds. The van der Waals surface area contributed by atoms with Crippen molar-refractivity contribution in [1.29, 1.82) is 0 Å². The second-order valence-corrected chi connectivity index (χ2v) is 7.35. The molecule has 7 heteroatoms. The van der Waals surface area contributed by atoms with E-state index in [4.69, 9.17) is 0 Å². The van der Waals surface area contributed by atoms with Crippen molar-refractivity contribution in [2.45, 2.75) is 6.54 Å². The molecule has 2 heterocycles. The summed E-state index contributed by atoms with van der Waals surface area (Å²) in [6, 6.07) is 15.7. The van der Waals surface area contributed by atoms with Gasteiger partial charge in [0.15, 0.2) is 0 Å². The van der Waals surface area contributed by atoms with Gasteiger partial charge in [0.1, 0.15) is 0 Å². The maximum atomic E-state index is 13.0. The van der Waals surface area contributed by atoms with E-state index >= 15 is 0 Å². The van der Waals surface area contributed by atoms with Gasteiger partial charge in [-0.25, -0.2) is 0 Å². The Hall–Kier alpha value is -1.49. The average Bonchev–Trinajstić information content (AvgIpc) is 2.94. The van der Waals surface area contributed by atoms with E-state index in [2.05, 4.69) is 55.4 Å². The fourth-order valence-electron chi connectivity index (χ4n) is 2.66. The van der Waals surface area contributed by atoms with E-state index in [1.165, 1.54) is 0 Å². The van der Waals surface area contributed by atoms with Crippen LogP contribution in [0.4, 0.5) is 0 Å². The molecule has 0 N–H and O–H groups in total. The molecule has 0 saturated carbocycles. The smallest absolute Gasteiger partial charge is 0.263 e. The molecule has 2 aromatic carbocycles. The molecule has 0 spiro atoms. The van der Waals surface area contributed by atoms with E-state index < -0.39 is 0 Å². The molecule has 0 aliphatic heterocycles.